The first kappa shape index (κ1) is 16.7. The van der Waals surface area contributed by atoms with Crippen LogP contribution in [0.15, 0.2) is 24.3 Å². The summed E-state index contributed by atoms with van der Waals surface area (Å²) in [5.74, 6) is -1.74. The standard InChI is InChI=1S/C16H21F3O/c1-2-3-4-5-6-7-10-13-11-8-9-12-14(13)15(20)16(17,18)19/h8-9,11-12H,2-7,10H2,1H3. The highest BCUT2D eigenvalue weighted by Crippen LogP contribution is 2.24. The van der Waals surface area contributed by atoms with Crippen LogP contribution < -0.4 is 0 Å². The molecule has 0 aliphatic rings. The lowest BCUT2D eigenvalue weighted by Gasteiger charge is -2.10. The van der Waals surface area contributed by atoms with Crippen LogP contribution in [0.25, 0.3) is 0 Å². The Bertz CT molecular complexity index is 424. The molecule has 0 radical (unpaired) electrons. The predicted molar refractivity (Wildman–Crippen MR) is 73.9 cm³/mol. The third kappa shape index (κ3) is 5.35. The molecule has 0 aromatic heterocycles. The average Bonchev–Trinajstić information content (AvgIpc) is 2.41. The summed E-state index contributed by atoms with van der Waals surface area (Å²) in [6, 6.07) is 6.04. The minimum atomic E-state index is -4.79. The minimum Gasteiger partial charge on any atom is -0.284 e. The van der Waals surface area contributed by atoms with Crippen molar-refractivity contribution >= 4 is 5.78 Å². The fraction of sp³-hybridized carbons (Fsp3) is 0.562. The largest absolute Gasteiger partial charge is 0.454 e. The molecule has 20 heavy (non-hydrogen) atoms. The van der Waals surface area contributed by atoms with Crippen LogP contribution in [0.5, 0.6) is 0 Å². The number of aryl methyl sites for hydroxylation is 1. The third-order valence-corrected chi connectivity index (χ3v) is 3.32. The van der Waals surface area contributed by atoms with Crippen molar-refractivity contribution in [2.24, 2.45) is 0 Å². The van der Waals surface area contributed by atoms with Crippen molar-refractivity contribution in [3.63, 3.8) is 0 Å². The van der Waals surface area contributed by atoms with Crippen LogP contribution in [0.2, 0.25) is 0 Å². The minimum absolute atomic E-state index is 0.200. The van der Waals surface area contributed by atoms with Gasteiger partial charge in [0.15, 0.2) is 0 Å². The molecule has 0 saturated carbocycles. The highest BCUT2D eigenvalue weighted by atomic mass is 19.4. The summed E-state index contributed by atoms with van der Waals surface area (Å²) in [5, 5.41) is 0. The Morgan fingerprint density at radius 1 is 1.00 bits per heavy atom. The Morgan fingerprint density at radius 3 is 2.25 bits per heavy atom. The van der Waals surface area contributed by atoms with E-state index in [0.29, 0.717) is 12.0 Å². The Kier molecular flexibility index (Phi) is 6.76. The number of benzene rings is 1. The van der Waals surface area contributed by atoms with Gasteiger partial charge in [0.2, 0.25) is 0 Å². The predicted octanol–water partition coefficient (Wildman–Crippen LogP) is 5.33. The first-order chi connectivity index (χ1) is 9.46. The Hall–Kier alpha value is -1.32. The van der Waals surface area contributed by atoms with Gasteiger partial charge in [-0.2, -0.15) is 13.2 Å². The zero-order valence-electron chi connectivity index (χ0n) is 11.8. The number of hydrogen-bond acceptors (Lipinski definition) is 1. The van der Waals surface area contributed by atoms with E-state index >= 15 is 0 Å². The van der Waals surface area contributed by atoms with Gasteiger partial charge < -0.3 is 0 Å². The molecule has 0 atom stereocenters. The number of halogens is 3. The van der Waals surface area contributed by atoms with E-state index in [0.717, 1.165) is 19.3 Å². The second kappa shape index (κ2) is 8.08. The molecule has 0 heterocycles. The van der Waals surface area contributed by atoms with Gasteiger partial charge >= 0.3 is 6.18 Å². The van der Waals surface area contributed by atoms with Crippen molar-refractivity contribution in [1.82, 2.24) is 0 Å². The molecule has 1 aromatic carbocycles. The SMILES string of the molecule is CCCCCCCCc1ccccc1C(=O)C(F)(F)F. The molecule has 4 heteroatoms. The van der Waals surface area contributed by atoms with E-state index in [1.54, 1.807) is 12.1 Å². The monoisotopic (exact) mass is 286 g/mol. The fourth-order valence-corrected chi connectivity index (χ4v) is 2.21. The first-order valence-corrected chi connectivity index (χ1v) is 7.16. The van der Waals surface area contributed by atoms with Gasteiger partial charge in [0.05, 0.1) is 0 Å². The van der Waals surface area contributed by atoms with E-state index < -0.39 is 12.0 Å². The Morgan fingerprint density at radius 2 is 1.60 bits per heavy atom. The molecule has 0 N–H and O–H groups in total. The number of carbonyl (C=O) groups is 1. The molecule has 0 unspecified atom stereocenters. The van der Waals surface area contributed by atoms with E-state index in [1.165, 1.54) is 31.4 Å². The summed E-state index contributed by atoms with van der Waals surface area (Å²) in [5.41, 5.74) is 0.305. The van der Waals surface area contributed by atoms with E-state index in [-0.39, 0.29) is 5.56 Å². The van der Waals surface area contributed by atoms with E-state index in [2.05, 4.69) is 6.92 Å². The number of hydrogen-bond donors (Lipinski definition) is 0. The molecule has 0 aliphatic heterocycles. The molecule has 0 fully saturated rings. The van der Waals surface area contributed by atoms with E-state index in [4.69, 9.17) is 0 Å². The second-order valence-corrected chi connectivity index (χ2v) is 5.00. The van der Waals surface area contributed by atoms with Crippen LogP contribution in [-0.4, -0.2) is 12.0 Å². The van der Waals surface area contributed by atoms with Gasteiger partial charge in [-0.05, 0) is 18.4 Å². The molecule has 0 saturated heterocycles. The number of unbranched alkanes of at least 4 members (excludes halogenated alkanes) is 5. The maximum Gasteiger partial charge on any atom is 0.454 e. The fourth-order valence-electron chi connectivity index (χ4n) is 2.21. The number of alkyl halides is 3. The van der Waals surface area contributed by atoms with E-state index in [1.807, 2.05) is 0 Å². The van der Waals surface area contributed by atoms with Crippen molar-refractivity contribution < 1.29 is 18.0 Å². The van der Waals surface area contributed by atoms with Crippen LogP contribution in [-0.2, 0) is 6.42 Å². The molecule has 1 rings (SSSR count). The number of rotatable bonds is 8. The van der Waals surface area contributed by atoms with Gasteiger partial charge in [0.1, 0.15) is 0 Å². The van der Waals surface area contributed by atoms with Gasteiger partial charge in [-0.25, -0.2) is 0 Å². The summed E-state index contributed by atoms with van der Waals surface area (Å²) in [6.45, 7) is 2.14. The van der Waals surface area contributed by atoms with Crippen molar-refractivity contribution in [2.45, 2.75) is 58.0 Å². The summed E-state index contributed by atoms with van der Waals surface area (Å²) in [4.78, 5) is 11.3. The smallest absolute Gasteiger partial charge is 0.284 e. The van der Waals surface area contributed by atoms with Crippen LogP contribution in [0.3, 0.4) is 0 Å². The summed E-state index contributed by atoms with van der Waals surface area (Å²) >= 11 is 0. The molecule has 1 aromatic rings. The van der Waals surface area contributed by atoms with Gasteiger partial charge in [-0.1, -0.05) is 63.3 Å². The molecule has 1 nitrogen and oxygen atoms in total. The van der Waals surface area contributed by atoms with Gasteiger partial charge in [0.25, 0.3) is 5.78 Å². The van der Waals surface area contributed by atoms with Crippen LogP contribution in [0.1, 0.15) is 61.4 Å². The number of Topliss-reactive ketones (excluding diaryl/α,β-unsaturated/α-hetero) is 1. The van der Waals surface area contributed by atoms with Crippen molar-refractivity contribution in [1.29, 1.82) is 0 Å². The zero-order chi connectivity index (χ0) is 15.0. The van der Waals surface area contributed by atoms with Gasteiger partial charge in [0, 0.05) is 5.56 Å². The molecule has 0 aliphatic carbocycles. The quantitative estimate of drug-likeness (QED) is 0.466. The average molecular weight is 286 g/mol. The molecule has 0 bridgehead atoms. The summed E-state index contributed by atoms with van der Waals surface area (Å²) < 4.78 is 37.5. The lowest BCUT2D eigenvalue weighted by atomic mass is 9.98. The molecular formula is C16H21F3O. The lowest BCUT2D eigenvalue weighted by Crippen LogP contribution is -2.24. The Labute approximate surface area is 118 Å². The normalized spacial score (nSPS) is 11.6. The summed E-state index contributed by atoms with van der Waals surface area (Å²) in [6.07, 6.45) is 2.19. The van der Waals surface area contributed by atoms with Crippen LogP contribution >= 0.6 is 0 Å². The van der Waals surface area contributed by atoms with E-state index in [9.17, 15) is 18.0 Å². The third-order valence-electron chi connectivity index (χ3n) is 3.32. The summed E-state index contributed by atoms with van der Waals surface area (Å²) in [7, 11) is 0. The highest BCUT2D eigenvalue weighted by molar-refractivity contribution is 6.01. The maximum atomic E-state index is 12.5. The maximum absolute atomic E-state index is 12.5. The van der Waals surface area contributed by atoms with Crippen molar-refractivity contribution in [3.05, 3.63) is 35.4 Å². The molecule has 112 valence electrons. The van der Waals surface area contributed by atoms with Crippen molar-refractivity contribution in [3.8, 4) is 0 Å². The lowest BCUT2D eigenvalue weighted by molar-refractivity contribution is -0.0885. The molecule has 0 amide bonds. The number of carbonyl (C=O) groups excluding carboxylic acids is 1. The Balaban J connectivity index is 2.56. The second-order valence-electron chi connectivity index (χ2n) is 5.00. The molecule has 0 spiro atoms. The number of ketones is 1. The zero-order valence-corrected chi connectivity index (χ0v) is 11.8. The van der Waals surface area contributed by atoms with Gasteiger partial charge in [-0.15, -0.1) is 0 Å². The first-order valence-electron chi connectivity index (χ1n) is 7.16. The van der Waals surface area contributed by atoms with Gasteiger partial charge in [-0.3, -0.25) is 4.79 Å². The topological polar surface area (TPSA) is 17.1 Å². The van der Waals surface area contributed by atoms with Crippen molar-refractivity contribution in [2.75, 3.05) is 0 Å². The molecular weight excluding hydrogens is 265 g/mol. The highest BCUT2D eigenvalue weighted by Gasteiger charge is 2.40. The van der Waals surface area contributed by atoms with Crippen LogP contribution in [0.4, 0.5) is 13.2 Å². The van der Waals surface area contributed by atoms with Crippen LogP contribution in [0, 0.1) is 0 Å².